The van der Waals surface area contributed by atoms with E-state index in [9.17, 15) is 4.79 Å². The Morgan fingerprint density at radius 2 is 1.79 bits per heavy atom. The molecule has 3 unspecified atom stereocenters. The molecule has 0 N–H and O–H groups in total. The van der Waals surface area contributed by atoms with Crippen LogP contribution in [0.15, 0.2) is 54.6 Å². The molecule has 0 aromatic heterocycles. The van der Waals surface area contributed by atoms with Gasteiger partial charge in [-0.15, -0.1) is 0 Å². The molecule has 2 saturated heterocycles. The molecular weight excluding hydrogens is 366 g/mol. The first-order valence-corrected chi connectivity index (χ1v) is 11.4. The van der Waals surface area contributed by atoms with Crippen molar-refractivity contribution in [2.75, 3.05) is 30.0 Å². The summed E-state index contributed by atoms with van der Waals surface area (Å²) >= 11 is 2.05. The van der Waals surface area contributed by atoms with Gasteiger partial charge in [0.2, 0.25) is 0 Å². The van der Waals surface area contributed by atoms with Gasteiger partial charge in [-0.05, 0) is 36.6 Å². The van der Waals surface area contributed by atoms with Crippen LogP contribution in [0.5, 0.6) is 0 Å². The molecule has 3 aliphatic rings. The number of carbonyl (C=O) groups excluding carboxylic acids is 1. The highest BCUT2D eigenvalue weighted by atomic mass is 32.2. The molecule has 5 heteroatoms. The predicted octanol–water partition coefficient (Wildman–Crippen LogP) is 4.58. The van der Waals surface area contributed by atoms with Gasteiger partial charge in [0.1, 0.15) is 0 Å². The van der Waals surface area contributed by atoms with Gasteiger partial charge in [0.25, 0.3) is 0 Å². The van der Waals surface area contributed by atoms with Gasteiger partial charge < -0.3 is 0 Å². The summed E-state index contributed by atoms with van der Waals surface area (Å²) in [6.45, 7) is 1.10. The number of fused-ring (bicyclic) bond motifs is 1. The lowest BCUT2D eigenvalue weighted by molar-refractivity contribution is 0.0562. The molecule has 0 radical (unpaired) electrons. The Labute approximate surface area is 171 Å². The van der Waals surface area contributed by atoms with Crippen LogP contribution >= 0.6 is 11.8 Å². The smallest absolute Gasteiger partial charge is 0.297 e. The number of amides is 2. The van der Waals surface area contributed by atoms with Crippen molar-refractivity contribution in [1.82, 2.24) is 9.80 Å². The predicted molar refractivity (Wildman–Crippen MR) is 116 cm³/mol. The molecule has 0 spiro atoms. The first kappa shape index (κ1) is 18.1. The van der Waals surface area contributed by atoms with Crippen LogP contribution in [0.4, 0.5) is 10.5 Å². The monoisotopic (exact) mass is 393 g/mol. The Kier molecular flexibility index (Phi) is 4.81. The van der Waals surface area contributed by atoms with Crippen LogP contribution in [-0.2, 0) is 0 Å². The van der Waals surface area contributed by atoms with Crippen molar-refractivity contribution in [3.63, 3.8) is 0 Å². The van der Waals surface area contributed by atoms with E-state index in [0.717, 1.165) is 18.7 Å². The van der Waals surface area contributed by atoms with E-state index in [1.807, 2.05) is 35.8 Å². The van der Waals surface area contributed by atoms with Crippen LogP contribution in [0.2, 0.25) is 0 Å². The number of nitrogens with zero attached hydrogens (tertiary/aromatic N) is 3. The van der Waals surface area contributed by atoms with Gasteiger partial charge in [0, 0.05) is 31.0 Å². The van der Waals surface area contributed by atoms with E-state index in [2.05, 4.69) is 52.3 Å². The van der Waals surface area contributed by atoms with E-state index in [4.69, 9.17) is 0 Å². The van der Waals surface area contributed by atoms with Crippen LogP contribution in [0, 0.1) is 0 Å². The zero-order chi connectivity index (χ0) is 19.1. The molecule has 3 aliphatic heterocycles. The number of para-hydroxylation sites is 1. The molecule has 5 rings (SSSR count). The van der Waals surface area contributed by atoms with Crippen molar-refractivity contribution in [2.45, 2.75) is 37.5 Å². The molecule has 4 nitrogen and oxygen atoms in total. The fraction of sp³-hybridized carbons (Fsp3) is 0.435. The maximum atomic E-state index is 13.6. The zero-order valence-electron chi connectivity index (χ0n) is 16.3. The standard InChI is InChI=1S/C23H27N3OS/c1-24-20-11-6-5-10-19(20)22(17-8-3-2-4-9-17)26(23(24)27)21-12-7-14-25(21)18-13-15-28-16-18/h2-6,8-11,18,21-22H,7,12-16H2,1H3. The molecule has 2 aromatic rings. The fourth-order valence-corrected chi connectivity index (χ4v) is 6.35. The Morgan fingerprint density at radius 1 is 1.00 bits per heavy atom. The molecule has 0 aliphatic carbocycles. The number of rotatable bonds is 3. The number of likely N-dealkylation sites (tertiary alicyclic amines) is 1. The highest BCUT2D eigenvalue weighted by Gasteiger charge is 2.45. The molecule has 28 heavy (non-hydrogen) atoms. The average Bonchev–Trinajstić information content (AvgIpc) is 3.42. The molecule has 3 atom stereocenters. The van der Waals surface area contributed by atoms with E-state index < -0.39 is 0 Å². The van der Waals surface area contributed by atoms with Crippen LogP contribution in [0.25, 0.3) is 0 Å². The summed E-state index contributed by atoms with van der Waals surface area (Å²) < 4.78 is 0. The maximum absolute atomic E-state index is 13.6. The quantitative estimate of drug-likeness (QED) is 0.764. The molecule has 3 heterocycles. The second-order valence-electron chi connectivity index (χ2n) is 8.00. The second kappa shape index (κ2) is 7.45. The van der Waals surface area contributed by atoms with Crippen molar-refractivity contribution in [3.05, 3.63) is 65.7 Å². The minimum atomic E-state index is -0.0271. The molecule has 2 amide bonds. The Morgan fingerprint density at radius 3 is 2.57 bits per heavy atom. The van der Waals surface area contributed by atoms with Crippen molar-refractivity contribution >= 4 is 23.5 Å². The Hall–Kier alpha value is -1.98. The lowest BCUT2D eigenvalue weighted by atomic mass is 9.92. The summed E-state index contributed by atoms with van der Waals surface area (Å²) in [5.41, 5.74) is 3.45. The van der Waals surface area contributed by atoms with Crippen LogP contribution < -0.4 is 4.90 Å². The number of hydrogen-bond acceptors (Lipinski definition) is 3. The number of anilines is 1. The Bertz CT molecular complexity index is 852. The number of urea groups is 1. The summed E-state index contributed by atoms with van der Waals surface area (Å²) in [4.78, 5) is 20.3. The van der Waals surface area contributed by atoms with E-state index >= 15 is 0 Å². The minimum Gasteiger partial charge on any atom is -0.297 e. The average molecular weight is 394 g/mol. The van der Waals surface area contributed by atoms with E-state index in [1.54, 1.807) is 0 Å². The molecule has 0 saturated carbocycles. The van der Waals surface area contributed by atoms with Crippen molar-refractivity contribution in [3.8, 4) is 0 Å². The van der Waals surface area contributed by atoms with E-state index in [-0.39, 0.29) is 18.2 Å². The van der Waals surface area contributed by atoms with Crippen molar-refractivity contribution in [2.24, 2.45) is 0 Å². The van der Waals surface area contributed by atoms with Gasteiger partial charge >= 0.3 is 6.03 Å². The minimum absolute atomic E-state index is 0.0271. The summed E-state index contributed by atoms with van der Waals surface area (Å²) in [6.07, 6.45) is 3.65. The number of thioether (sulfide) groups is 1. The fourth-order valence-electron chi connectivity index (χ4n) is 5.12. The summed E-state index contributed by atoms with van der Waals surface area (Å²) in [7, 11) is 1.92. The molecule has 0 bridgehead atoms. The topological polar surface area (TPSA) is 26.8 Å². The van der Waals surface area contributed by atoms with Crippen molar-refractivity contribution < 1.29 is 4.79 Å². The van der Waals surface area contributed by atoms with Crippen molar-refractivity contribution in [1.29, 1.82) is 0 Å². The molecule has 2 fully saturated rings. The van der Waals surface area contributed by atoms with Gasteiger partial charge in [-0.3, -0.25) is 14.7 Å². The summed E-state index contributed by atoms with van der Waals surface area (Å²) in [6, 6.07) is 19.6. The number of hydrogen-bond donors (Lipinski definition) is 0. The normalized spacial score (nSPS) is 28.0. The van der Waals surface area contributed by atoms with Crippen LogP contribution in [-0.4, -0.2) is 53.1 Å². The second-order valence-corrected chi connectivity index (χ2v) is 9.15. The van der Waals surface area contributed by atoms with Gasteiger partial charge in [-0.1, -0.05) is 48.5 Å². The maximum Gasteiger partial charge on any atom is 0.326 e. The third-order valence-electron chi connectivity index (χ3n) is 6.45. The summed E-state index contributed by atoms with van der Waals surface area (Å²) in [5, 5.41) is 0. The lowest BCUT2D eigenvalue weighted by Crippen LogP contribution is -2.58. The van der Waals surface area contributed by atoms with Gasteiger partial charge in [0.05, 0.1) is 17.9 Å². The van der Waals surface area contributed by atoms with Gasteiger partial charge in [-0.25, -0.2) is 4.79 Å². The first-order valence-electron chi connectivity index (χ1n) is 10.3. The van der Waals surface area contributed by atoms with Gasteiger partial charge in [-0.2, -0.15) is 11.8 Å². The van der Waals surface area contributed by atoms with E-state index in [1.165, 1.54) is 35.5 Å². The van der Waals surface area contributed by atoms with Crippen LogP contribution in [0.3, 0.4) is 0 Å². The third kappa shape index (κ3) is 2.92. The van der Waals surface area contributed by atoms with E-state index in [0.29, 0.717) is 6.04 Å². The highest BCUT2D eigenvalue weighted by Crippen LogP contribution is 2.44. The third-order valence-corrected chi connectivity index (χ3v) is 7.60. The van der Waals surface area contributed by atoms with Gasteiger partial charge in [0.15, 0.2) is 0 Å². The lowest BCUT2D eigenvalue weighted by Gasteiger charge is -2.47. The van der Waals surface area contributed by atoms with Crippen LogP contribution in [0.1, 0.15) is 36.4 Å². The largest absolute Gasteiger partial charge is 0.326 e. The molecular formula is C23H27N3OS. The SMILES string of the molecule is CN1C(=O)N(C2CCCN2C2CCSC2)C(c2ccccc2)c2ccccc21. The Balaban J connectivity index is 1.61. The summed E-state index contributed by atoms with van der Waals surface area (Å²) in [5.74, 6) is 2.44. The first-order chi connectivity index (χ1) is 13.8. The molecule has 2 aromatic carbocycles. The zero-order valence-corrected chi connectivity index (χ0v) is 17.1. The number of benzene rings is 2. The molecule has 146 valence electrons. The number of carbonyl (C=O) groups is 1. The highest BCUT2D eigenvalue weighted by molar-refractivity contribution is 7.99.